The fraction of sp³-hybridized carbons (Fsp3) is 0.500. The summed E-state index contributed by atoms with van der Waals surface area (Å²) in [5, 5.41) is 19.4. The molecule has 3 N–H and O–H groups in total. The predicted molar refractivity (Wildman–Crippen MR) is 137 cm³/mol. The number of anilines is 3. The van der Waals surface area contributed by atoms with Crippen molar-refractivity contribution in [1.29, 1.82) is 5.26 Å². The molecule has 2 atom stereocenters. The summed E-state index contributed by atoms with van der Waals surface area (Å²) in [5.41, 5.74) is 1.84. The van der Waals surface area contributed by atoms with Gasteiger partial charge in [0.15, 0.2) is 6.29 Å². The van der Waals surface area contributed by atoms with Crippen molar-refractivity contribution in [3.8, 4) is 6.07 Å². The Hall–Kier alpha value is -3.59. The fourth-order valence-electron chi connectivity index (χ4n) is 5.77. The number of amides is 2. The zero-order valence-electron chi connectivity index (χ0n) is 21.0. The monoisotopic (exact) mass is 505 g/mol. The van der Waals surface area contributed by atoms with Gasteiger partial charge in [0.2, 0.25) is 0 Å². The molecule has 0 aromatic carbocycles. The lowest BCUT2D eigenvalue weighted by Crippen LogP contribution is -2.66. The Bertz CT molecular complexity index is 1220. The predicted octanol–water partition coefficient (Wildman–Crippen LogP) is 2.79. The Kier molecular flexibility index (Phi) is 7.06. The van der Waals surface area contributed by atoms with Gasteiger partial charge in [-0.15, -0.1) is 0 Å². The van der Waals surface area contributed by atoms with Gasteiger partial charge in [0.1, 0.15) is 23.4 Å². The molecule has 4 aliphatic rings. The summed E-state index contributed by atoms with van der Waals surface area (Å²) in [7, 11) is 3.35. The van der Waals surface area contributed by atoms with Crippen LogP contribution in [0.5, 0.6) is 0 Å². The van der Waals surface area contributed by atoms with Crippen LogP contribution < -0.4 is 20.9 Å². The lowest BCUT2D eigenvalue weighted by molar-refractivity contribution is 0.101. The highest BCUT2D eigenvalue weighted by atomic mass is 16.5. The van der Waals surface area contributed by atoms with Crippen molar-refractivity contribution in [3.05, 3.63) is 41.2 Å². The number of carbonyl (C=O) groups excluding carboxylic acids is 2. The number of methoxy groups -OCH3 is 2. The summed E-state index contributed by atoms with van der Waals surface area (Å²) >= 11 is 0. The van der Waals surface area contributed by atoms with Gasteiger partial charge in [-0.3, -0.25) is 15.0 Å². The van der Waals surface area contributed by atoms with E-state index < -0.39 is 0 Å². The van der Waals surface area contributed by atoms with E-state index in [2.05, 4.69) is 32.0 Å². The van der Waals surface area contributed by atoms with E-state index in [1.807, 2.05) is 6.07 Å². The third kappa shape index (κ3) is 4.64. The maximum absolute atomic E-state index is 13.5. The molecule has 2 aromatic heterocycles. The highest BCUT2D eigenvalue weighted by Crippen LogP contribution is 2.52. The number of hydrogen-bond donors (Lipinski definition) is 3. The minimum Gasteiger partial charge on any atom is -0.383 e. The second-order valence-electron chi connectivity index (χ2n) is 9.77. The Morgan fingerprint density at radius 1 is 1.32 bits per heavy atom. The average molecular weight is 506 g/mol. The summed E-state index contributed by atoms with van der Waals surface area (Å²) < 4.78 is 10.8. The third-order valence-corrected chi connectivity index (χ3v) is 7.64. The summed E-state index contributed by atoms with van der Waals surface area (Å²) in [6.07, 6.45) is 6.59. The summed E-state index contributed by atoms with van der Waals surface area (Å²) in [6.45, 7) is 1.23. The third-order valence-electron chi connectivity index (χ3n) is 7.64. The van der Waals surface area contributed by atoms with Crippen molar-refractivity contribution in [3.63, 3.8) is 0 Å². The SMILES string of the molecule is COCCNC12CC(C1)N(C(=O)Nc1cc(NC3CCCC3OC)c(C#N)cn1)c1nc(C=O)ccc12. The molecule has 2 aromatic rings. The number of rotatable bonds is 9. The zero-order valence-corrected chi connectivity index (χ0v) is 21.0. The van der Waals surface area contributed by atoms with Gasteiger partial charge in [0, 0.05) is 44.6 Å². The molecule has 2 fully saturated rings. The largest absolute Gasteiger partial charge is 0.383 e. The number of aldehydes is 1. The number of nitriles is 1. The first-order valence-corrected chi connectivity index (χ1v) is 12.5. The molecule has 194 valence electrons. The van der Waals surface area contributed by atoms with E-state index in [1.165, 1.54) is 6.20 Å². The normalized spacial score (nSPS) is 25.5. The molecule has 2 saturated carbocycles. The number of ether oxygens (including phenoxy) is 2. The summed E-state index contributed by atoms with van der Waals surface area (Å²) in [6, 6.07) is 7.01. The van der Waals surface area contributed by atoms with Gasteiger partial charge in [-0.05, 0) is 38.2 Å². The first-order valence-electron chi connectivity index (χ1n) is 12.5. The molecule has 0 radical (unpaired) electrons. The van der Waals surface area contributed by atoms with Gasteiger partial charge in [0.25, 0.3) is 0 Å². The van der Waals surface area contributed by atoms with Crippen LogP contribution in [-0.2, 0) is 15.0 Å². The van der Waals surface area contributed by atoms with Crippen molar-refractivity contribution in [2.75, 3.05) is 42.9 Å². The van der Waals surface area contributed by atoms with E-state index >= 15 is 0 Å². The van der Waals surface area contributed by atoms with Crippen LogP contribution in [-0.4, -0.2) is 67.8 Å². The lowest BCUT2D eigenvalue weighted by atomic mass is 9.64. The topological polar surface area (TPSA) is 142 Å². The zero-order chi connectivity index (χ0) is 26.0. The molecule has 2 aliphatic carbocycles. The highest BCUT2D eigenvalue weighted by Gasteiger charge is 2.56. The Balaban J connectivity index is 1.39. The quantitative estimate of drug-likeness (QED) is 0.346. The highest BCUT2D eigenvalue weighted by molar-refractivity contribution is 6.03. The molecule has 2 amide bonds. The summed E-state index contributed by atoms with van der Waals surface area (Å²) in [5.74, 6) is 0.788. The molecule has 0 spiro atoms. The maximum Gasteiger partial charge on any atom is 0.328 e. The van der Waals surface area contributed by atoms with Crippen LogP contribution in [0.15, 0.2) is 24.4 Å². The van der Waals surface area contributed by atoms with Gasteiger partial charge in [-0.25, -0.2) is 14.8 Å². The molecule has 2 bridgehead atoms. The average Bonchev–Trinajstić information content (AvgIpc) is 3.34. The Morgan fingerprint density at radius 3 is 2.89 bits per heavy atom. The molecule has 11 nitrogen and oxygen atoms in total. The minimum absolute atomic E-state index is 0.0667. The van der Waals surface area contributed by atoms with Gasteiger partial charge in [-0.2, -0.15) is 5.26 Å². The number of aromatic nitrogens is 2. The molecule has 2 unspecified atom stereocenters. The molecule has 11 heteroatoms. The van der Waals surface area contributed by atoms with Gasteiger partial charge in [-0.1, -0.05) is 6.07 Å². The van der Waals surface area contributed by atoms with Crippen LogP contribution >= 0.6 is 0 Å². The molecule has 37 heavy (non-hydrogen) atoms. The van der Waals surface area contributed by atoms with Crippen LogP contribution in [0.3, 0.4) is 0 Å². The van der Waals surface area contributed by atoms with E-state index in [0.29, 0.717) is 42.3 Å². The van der Waals surface area contributed by atoms with Crippen LogP contribution in [0.2, 0.25) is 0 Å². The molecule has 0 saturated heterocycles. The van der Waals surface area contributed by atoms with E-state index in [1.54, 1.807) is 31.3 Å². The van der Waals surface area contributed by atoms with E-state index in [9.17, 15) is 14.9 Å². The molecular weight excluding hydrogens is 474 g/mol. The van der Waals surface area contributed by atoms with Gasteiger partial charge in [0.05, 0.1) is 35.5 Å². The maximum atomic E-state index is 13.5. The number of carbonyl (C=O) groups is 2. The van der Waals surface area contributed by atoms with Crippen LogP contribution in [0.4, 0.5) is 22.1 Å². The van der Waals surface area contributed by atoms with Crippen molar-refractivity contribution < 1.29 is 19.1 Å². The standard InChI is InChI=1S/C26H31N7O4/c1-36-9-8-29-26-11-18(12-26)33(24-19(26)7-6-17(15-34)30-24)25(35)32-23-10-21(16(13-27)14-28-23)31-20-4-3-5-22(20)37-2/h6-7,10,14-15,18,20,22,29H,3-5,8-9,11-12H2,1-2H3,(H2,28,31,32,35). The number of nitrogens with one attached hydrogen (secondary N) is 3. The van der Waals surface area contributed by atoms with E-state index in [0.717, 1.165) is 37.7 Å². The smallest absolute Gasteiger partial charge is 0.328 e. The minimum atomic E-state index is -0.384. The van der Waals surface area contributed by atoms with Crippen LogP contribution in [0.25, 0.3) is 0 Å². The van der Waals surface area contributed by atoms with Crippen LogP contribution in [0, 0.1) is 11.3 Å². The van der Waals surface area contributed by atoms with Gasteiger partial charge >= 0.3 is 6.03 Å². The number of nitrogens with zero attached hydrogens (tertiary/aromatic N) is 4. The molecule has 6 rings (SSSR count). The lowest BCUT2D eigenvalue weighted by Gasteiger charge is -2.57. The first-order chi connectivity index (χ1) is 18.0. The molecular formula is C26H31N7O4. The van der Waals surface area contributed by atoms with Crippen molar-refractivity contribution in [2.45, 2.75) is 55.8 Å². The number of hydrogen-bond acceptors (Lipinski definition) is 9. The van der Waals surface area contributed by atoms with Crippen LogP contribution in [0.1, 0.15) is 53.7 Å². The van der Waals surface area contributed by atoms with E-state index in [4.69, 9.17) is 9.47 Å². The van der Waals surface area contributed by atoms with Crippen molar-refractivity contribution >= 4 is 29.6 Å². The Morgan fingerprint density at radius 2 is 2.16 bits per heavy atom. The van der Waals surface area contributed by atoms with Crippen molar-refractivity contribution in [1.82, 2.24) is 15.3 Å². The second-order valence-corrected chi connectivity index (χ2v) is 9.77. The van der Waals surface area contributed by atoms with E-state index in [-0.39, 0.29) is 35.5 Å². The van der Waals surface area contributed by atoms with Crippen molar-refractivity contribution in [2.24, 2.45) is 0 Å². The molecule has 4 heterocycles. The molecule has 2 aliphatic heterocycles. The first kappa shape index (κ1) is 25.1. The fourth-order valence-corrected chi connectivity index (χ4v) is 5.77. The van der Waals surface area contributed by atoms with Gasteiger partial charge < -0.3 is 20.1 Å². The second kappa shape index (κ2) is 10.4. The number of urea groups is 1. The number of pyridine rings is 2. The Labute approximate surface area is 215 Å². The summed E-state index contributed by atoms with van der Waals surface area (Å²) in [4.78, 5) is 35.4.